The second-order valence-corrected chi connectivity index (χ2v) is 4.10. The molecule has 0 aliphatic heterocycles. The van der Waals surface area contributed by atoms with E-state index in [1.165, 1.54) is 0 Å². The predicted octanol–water partition coefficient (Wildman–Crippen LogP) is 0.0672. The molecule has 5 nitrogen and oxygen atoms in total. The van der Waals surface area contributed by atoms with Gasteiger partial charge in [-0.3, -0.25) is 4.79 Å². The summed E-state index contributed by atoms with van der Waals surface area (Å²) in [6.45, 7) is 3.51. The average molecular weight is 253 g/mol. The first-order chi connectivity index (χ1) is 7.08. The van der Waals surface area contributed by atoms with Gasteiger partial charge in [-0.25, -0.2) is 0 Å². The molecule has 0 bridgehead atoms. The lowest BCUT2D eigenvalue weighted by molar-refractivity contribution is -0.124. The molecule has 0 radical (unpaired) electrons. The van der Waals surface area contributed by atoms with Crippen molar-refractivity contribution in [1.82, 2.24) is 5.32 Å². The molecule has 96 valence electrons. The van der Waals surface area contributed by atoms with Gasteiger partial charge in [0.15, 0.2) is 0 Å². The summed E-state index contributed by atoms with van der Waals surface area (Å²) in [4.78, 5) is 11.5. The minimum absolute atomic E-state index is 0. The van der Waals surface area contributed by atoms with Crippen LogP contribution >= 0.6 is 12.4 Å². The highest BCUT2D eigenvalue weighted by molar-refractivity contribution is 5.89. The van der Waals surface area contributed by atoms with Crippen molar-refractivity contribution < 1.29 is 14.3 Å². The zero-order valence-electron chi connectivity index (χ0n) is 9.82. The van der Waals surface area contributed by atoms with Gasteiger partial charge in [0.1, 0.15) is 0 Å². The van der Waals surface area contributed by atoms with E-state index in [2.05, 4.69) is 5.32 Å². The summed E-state index contributed by atoms with van der Waals surface area (Å²) in [5.41, 5.74) is 5.15. The Morgan fingerprint density at radius 3 is 2.62 bits per heavy atom. The highest BCUT2D eigenvalue weighted by Gasteiger charge is 2.46. The molecule has 0 heterocycles. The summed E-state index contributed by atoms with van der Waals surface area (Å²) in [5, 5.41) is 2.83. The smallest absolute Gasteiger partial charge is 0.240 e. The lowest BCUT2D eigenvalue weighted by atomic mass is 10.2. The van der Waals surface area contributed by atoms with Crippen LogP contribution in [0.1, 0.15) is 19.8 Å². The first-order valence-corrected chi connectivity index (χ1v) is 5.25. The number of amides is 1. The van der Waals surface area contributed by atoms with Gasteiger partial charge < -0.3 is 20.5 Å². The van der Waals surface area contributed by atoms with Crippen LogP contribution in [0.15, 0.2) is 0 Å². The maximum absolute atomic E-state index is 11.5. The van der Waals surface area contributed by atoms with Crippen LogP contribution in [-0.4, -0.2) is 44.4 Å². The molecule has 1 rings (SSSR count). The summed E-state index contributed by atoms with van der Waals surface area (Å²) in [7, 11) is 1.62. The lowest BCUT2D eigenvalue weighted by Gasteiger charge is -2.16. The fourth-order valence-electron chi connectivity index (χ4n) is 1.17. The number of nitrogens with two attached hydrogens (primary N) is 1. The van der Waals surface area contributed by atoms with Crippen molar-refractivity contribution in [3.63, 3.8) is 0 Å². The van der Waals surface area contributed by atoms with Gasteiger partial charge in [-0.2, -0.15) is 0 Å². The lowest BCUT2D eigenvalue weighted by Crippen LogP contribution is -2.47. The number of nitrogens with one attached hydrogen (secondary N) is 1. The van der Waals surface area contributed by atoms with Crippen LogP contribution in [0.25, 0.3) is 0 Å². The molecule has 1 aliphatic rings. The Morgan fingerprint density at radius 2 is 2.12 bits per heavy atom. The van der Waals surface area contributed by atoms with Gasteiger partial charge in [-0.1, -0.05) is 0 Å². The standard InChI is InChI=1S/C10H20N2O3.ClH/c1-8(7-15-6-5-14-2)12-9(13)10(11)3-4-10;/h8H,3-7,11H2,1-2H3,(H,12,13);1H. The van der Waals surface area contributed by atoms with Gasteiger partial charge in [0.05, 0.1) is 25.4 Å². The highest BCUT2D eigenvalue weighted by Crippen LogP contribution is 2.32. The Bertz CT molecular complexity index is 222. The molecule has 0 aromatic heterocycles. The minimum atomic E-state index is -0.596. The van der Waals surface area contributed by atoms with E-state index in [0.717, 1.165) is 12.8 Å². The zero-order chi connectivity index (χ0) is 11.3. The molecule has 0 aromatic rings. The number of carbonyl (C=O) groups excluding carboxylic acids is 1. The molecule has 1 unspecified atom stereocenters. The Morgan fingerprint density at radius 1 is 1.50 bits per heavy atom. The summed E-state index contributed by atoms with van der Waals surface area (Å²) < 4.78 is 10.1. The van der Waals surface area contributed by atoms with Gasteiger partial charge in [0.2, 0.25) is 5.91 Å². The number of ether oxygens (including phenoxy) is 2. The molecule has 3 N–H and O–H groups in total. The van der Waals surface area contributed by atoms with Crippen molar-refractivity contribution in [2.24, 2.45) is 5.73 Å². The summed E-state index contributed by atoms with van der Waals surface area (Å²) in [5.74, 6) is -0.0645. The van der Waals surface area contributed by atoms with Crippen molar-refractivity contribution in [2.45, 2.75) is 31.3 Å². The molecule has 1 fully saturated rings. The van der Waals surface area contributed by atoms with E-state index in [0.29, 0.717) is 19.8 Å². The van der Waals surface area contributed by atoms with Crippen LogP contribution in [0.3, 0.4) is 0 Å². The van der Waals surface area contributed by atoms with Gasteiger partial charge in [-0.15, -0.1) is 12.4 Å². The Hall–Kier alpha value is -0.360. The van der Waals surface area contributed by atoms with Crippen LogP contribution in [0.4, 0.5) is 0 Å². The third kappa shape index (κ3) is 5.12. The average Bonchev–Trinajstić information content (AvgIpc) is 2.93. The second-order valence-electron chi connectivity index (χ2n) is 4.10. The molecule has 1 amide bonds. The van der Waals surface area contributed by atoms with Crippen molar-refractivity contribution in [1.29, 1.82) is 0 Å². The number of methoxy groups -OCH3 is 1. The van der Waals surface area contributed by atoms with Crippen LogP contribution < -0.4 is 11.1 Å². The van der Waals surface area contributed by atoms with Crippen LogP contribution in [0.2, 0.25) is 0 Å². The predicted molar refractivity (Wildman–Crippen MR) is 63.7 cm³/mol. The fourth-order valence-corrected chi connectivity index (χ4v) is 1.17. The molecule has 0 spiro atoms. The molecule has 0 saturated heterocycles. The van der Waals surface area contributed by atoms with E-state index in [4.69, 9.17) is 15.2 Å². The van der Waals surface area contributed by atoms with E-state index < -0.39 is 5.54 Å². The number of rotatable bonds is 7. The number of halogens is 1. The molecule has 1 aliphatic carbocycles. The number of hydrogen-bond donors (Lipinski definition) is 2. The molecular weight excluding hydrogens is 232 g/mol. The van der Waals surface area contributed by atoms with Crippen molar-refractivity contribution in [3.05, 3.63) is 0 Å². The van der Waals surface area contributed by atoms with Crippen LogP contribution in [-0.2, 0) is 14.3 Å². The normalized spacial score (nSPS) is 18.4. The highest BCUT2D eigenvalue weighted by atomic mass is 35.5. The zero-order valence-corrected chi connectivity index (χ0v) is 10.6. The van der Waals surface area contributed by atoms with Crippen LogP contribution in [0.5, 0.6) is 0 Å². The molecule has 6 heteroatoms. The molecule has 1 atom stereocenters. The Kier molecular flexibility index (Phi) is 6.90. The largest absolute Gasteiger partial charge is 0.382 e. The molecular formula is C10H21ClN2O3. The van der Waals surface area contributed by atoms with Gasteiger partial charge in [0, 0.05) is 13.2 Å². The third-order valence-electron chi connectivity index (χ3n) is 2.42. The van der Waals surface area contributed by atoms with Gasteiger partial charge in [0.25, 0.3) is 0 Å². The van der Waals surface area contributed by atoms with Crippen molar-refractivity contribution in [2.75, 3.05) is 26.9 Å². The minimum Gasteiger partial charge on any atom is -0.382 e. The van der Waals surface area contributed by atoms with Crippen LogP contribution in [0, 0.1) is 0 Å². The summed E-state index contributed by atoms with van der Waals surface area (Å²) >= 11 is 0. The first kappa shape index (κ1) is 15.6. The maximum Gasteiger partial charge on any atom is 0.240 e. The van der Waals surface area contributed by atoms with E-state index in [-0.39, 0.29) is 24.4 Å². The van der Waals surface area contributed by atoms with E-state index in [1.807, 2.05) is 6.92 Å². The summed E-state index contributed by atoms with van der Waals surface area (Å²) in [6, 6.07) is -0.00428. The first-order valence-electron chi connectivity index (χ1n) is 5.25. The summed E-state index contributed by atoms with van der Waals surface area (Å²) in [6.07, 6.45) is 1.58. The fraction of sp³-hybridized carbons (Fsp3) is 0.900. The second kappa shape index (κ2) is 7.06. The maximum atomic E-state index is 11.5. The quantitative estimate of drug-likeness (QED) is 0.629. The SMILES string of the molecule is COCCOCC(C)NC(=O)C1(N)CC1.Cl. The molecule has 0 aromatic carbocycles. The molecule has 16 heavy (non-hydrogen) atoms. The topological polar surface area (TPSA) is 73.6 Å². The van der Waals surface area contributed by atoms with E-state index >= 15 is 0 Å². The van der Waals surface area contributed by atoms with Crippen molar-refractivity contribution in [3.8, 4) is 0 Å². The van der Waals surface area contributed by atoms with E-state index in [9.17, 15) is 4.79 Å². The Labute approximate surface area is 102 Å². The van der Waals surface area contributed by atoms with Gasteiger partial charge in [-0.05, 0) is 19.8 Å². The monoisotopic (exact) mass is 252 g/mol. The van der Waals surface area contributed by atoms with E-state index in [1.54, 1.807) is 7.11 Å². The molecule has 1 saturated carbocycles. The van der Waals surface area contributed by atoms with Gasteiger partial charge >= 0.3 is 0 Å². The number of hydrogen-bond acceptors (Lipinski definition) is 4. The third-order valence-corrected chi connectivity index (χ3v) is 2.42. The Balaban J connectivity index is 0.00000225. The van der Waals surface area contributed by atoms with Crippen molar-refractivity contribution >= 4 is 18.3 Å². The number of carbonyl (C=O) groups is 1.